The Balaban J connectivity index is 2.07. The lowest BCUT2D eigenvalue weighted by molar-refractivity contribution is 0.306. The Bertz CT molecular complexity index is 561. The van der Waals surface area contributed by atoms with Gasteiger partial charge in [0.15, 0.2) is 0 Å². The first-order valence-electron chi connectivity index (χ1n) is 6.54. The van der Waals surface area contributed by atoms with E-state index in [-0.39, 0.29) is 0 Å². The van der Waals surface area contributed by atoms with E-state index in [0.29, 0.717) is 17.5 Å². The van der Waals surface area contributed by atoms with E-state index >= 15 is 0 Å². The molecule has 0 radical (unpaired) electrons. The topological polar surface area (TPSA) is 9.23 Å². The van der Waals surface area contributed by atoms with Gasteiger partial charge < -0.3 is 4.74 Å². The summed E-state index contributed by atoms with van der Waals surface area (Å²) in [7, 11) is 0. The molecule has 0 spiro atoms. The maximum Gasteiger partial charge on any atom is 0.138 e. The van der Waals surface area contributed by atoms with Crippen LogP contribution in [0, 0.1) is 6.92 Å². The molecule has 0 saturated carbocycles. The van der Waals surface area contributed by atoms with Crippen molar-refractivity contribution in [3.63, 3.8) is 0 Å². The molecule has 0 N–H and O–H groups in total. The summed E-state index contributed by atoms with van der Waals surface area (Å²) < 4.78 is 5.78. The van der Waals surface area contributed by atoms with Gasteiger partial charge >= 0.3 is 0 Å². The van der Waals surface area contributed by atoms with Crippen LogP contribution in [0.4, 0.5) is 0 Å². The molecule has 0 heterocycles. The Morgan fingerprint density at radius 3 is 2.53 bits per heavy atom. The highest BCUT2D eigenvalue weighted by Crippen LogP contribution is 2.29. The molecule has 2 rings (SSSR count). The van der Waals surface area contributed by atoms with E-state index in [1.807, 2.05) is 18.2 Å². The fraction of sp³-hybridized carbons (Fsp3) is 0.294. The molecule has 1 nitrogen and oxygen atoms in total. The quantitative estimate of drug-likeness (QED) is 0.730. The minimum absolute atomic E-state index is 0.475. The molecular formula is C17H19ClO. The molecule has 0 saturated heterocycles. The Hall–Kier alpha value is -1.47. The van der Waals surface area contributed by atoms with E-state index in [1.165, 1.54) is 11.1 Å². The number of hydrogen-bond acceptors (Lipinski definition) is 1. The van der Waals surface area contributed by atoms with Crippen molar-refractivity contribution >= 4 is 11.6 Å². The van der Waals surface area contributed by atoms with Gasteiger partial charge in [-0.1, -0.05) is 61.3 Å². The Morgan fingerprint density at radius 2 is 1.89 bits per heavy atom. The van der Waals surface area contributed by atoms with Gasteiger partial charge in [0.1, 0.15) is 12.4 Å². The minimum Gasteiger partial charge on any atom is -0.487 e. The Morgan fingerprint density at radius 1 is 1.11 bits per heavy atom. The molecule has 100 valence electrons. The maximum absolute atomic E-state index is 6.25. The van der Waals surface area contributed by atoms with Crippen LogP contribution >= 0.6 is 11.6 Å². The summed E-state index contributed by atoms with van der Waals surface area (Å²) in [6, 6.07) is 14.3. The van der Waals surface area contributed by atoms with E-state index in [2.05, 4.69) is 45.0 Å². The zero-order valence-corrected chi connectivity index (χ0v) is 12.4. The van der Waals surface area contributed by atoms with Crippen molar-refractivity contribution in [2.75, 3.05) is 0 Å². The average molecular weight is 275 g/mol. The smallest absolute Gasteiger partial charge is 0.138 e. The van der Waals surface area contributed by atoms with Crippen molar-refractivity contribution in [3.8, 4) is 5.75 Å². The van der Waals surface area contributed by atoms with Crippen molar-refractivity contribution in [2.45, 2.75) is 33.3 Å². The van der Waals surface area contributed by atoms with Crippen LogP contribution in [0.2, 0.25) is 5.02 Å². The van der Waals surface area contributed by atoms with Gasteiger partial charge in [-0.3, -0.25) is 0 Å². The largest absolute Gasteiger partial charge is 0.487 e. The minimum atomic E-state index is 0.475. The number of aryl methyl sites for hydroxylation is 1. The van der Waals surface area contributed by atoms with Crippen LogP contribution in [0.1, 0.15) is 36.5 Å². The molecule has 0 aromatic heterocycles. The van der Waals surface area contributed by atoms with Crippen LogP contribution in [0.25, 0.3) is 0 Å². The van der Waals surface area contributed by atoms with Crippen LogP contribution < -0.4 is 4.74 Å². The van der Waals surface area contributed by atoms with Gasteiger partial charge in [0.05, 0.1) is 5.02 Å². The van der Waals surface area contributed by atoms with E-state index in [1.54, 1.807) is 0 Å². The highest BCUT2D eigenvalue weighted by atomic mass is 35.5. The maximum atomic E-state index is 6.25. The van der Waals surface area contributed by atoms with Gasteiger partial charge in [-0.05, 0) is 36.1 Å². The number of ether oxygens (including phenoxy) is 1. The standard InChI is InChI=1S/C17H19ClO/c1-12(2)15-7-8-17(16(18)10-15)19-11-14-6-4-5-13(3)9-14/h4-10,12H,11H2,1-3H3. The lowest BCUT2D eigenvalue weighted by Gasteiger charge is -2.11. The van der Waals surface area contributed by atoms with E-state index in [9.17, 15) is 0 Å². The van der Waals surface area contributed by atoms with Gasteiger partial charge in [-0.2, -0.15) is 0 Å². The second kappa shape index (κ2) is 6.12. The summed E-state index contributed by atoms with van der Waals surface area (Å²) in [5, 5.41) is 0.679. The molecule has 19 heavy (non-hydrogen) atoms. The molecule has 0 fully saturated rings. The summed E-state index contributed by atoms with van der Waals surface area (Å²) in [5.74, 6) is 1.22. The summed E-state index contributed by atoms with van der Waals surface area (Å²) in [6.07, 6.45) is 0. The highest BCUT2D eigenvalue weighted by molar-refractivity contribution is 6.32. The second-order valence-corrected chi connectivity index (χ2v) is 5.53. The molecular weight excluding hydrogens is 256 g/mol. The van der Waals surface area contributed by atoms with Gasteiger partial charge in [0.2, 0.25) is 0 Å². The summed E-state index contributed by atoms with van der Waals surface area (Å²) in [4.78, 5) is 0. The Labute approximate surface area is 120 Å². The first-order chi connectivity index (χ1) is 9.06. The number of halogens is 1. The third kappa shape index (κ3) is 3.74. The SMILES string of the molecule is Cc1cccc(COc2ccc(C(C)C)cc2Cl)c1. The van der Waals surface area contributed by atoms with Crippen LogP contribution in [-0.4, -0.2) is 0 Å². The molecule has 0 unspecified atom stereocenters. The van der Waals surface area contributed by atoms with E-state index in [0.717, 1.165) is 11.3 Å². The number of benzene rings is 2. The van der Waals surface area contributed by atoms with Crippen LogP contribution in [0.15, 0.2) is 42.5 Å². The molecule has 0 aliphatic heterocycles. The number of hydrogen-bond donors (Lipinski definition) is 0. The Kier molecular flexibility index (Phi) is 4.49. The molecule has 0 atom stereocenters. The predicted molar refractivity (Wildman–Crippen MR) is 81.1 cm³/mol. The highest BCUT2D eigenvalue weighted by Gasteiger charge is 2.06. The van der Waals surface area contributed by atoms with Crippen molar-refractivity contribution in [2.24, 2.45) is 0 Å². The second-order valence-electron chi connectivity index (χ2n) is 5.12. The van der Waals surface area contributed by atoms with Crippen molar-refractivity contribution < 1.29 is 4.74 Å². The van der Waals surface area contributed by atoms with E-state index in [4.69, 9.17) is 16.3 Å². The summed E-state index contributed by atoms with van der Waals surface area (Å²) >= 11 is 6.25. The van der Waals surface area contributed by atoms with E-state index < -0.39 is 0 Å². The van der Waals surface area contributed by atoms with Gasteiger partial charge in [0, 0.05) is 0 Å². The zero-order valence-electron chi connectivity index (χ0n) is 11.6. The first-order valence-corrected chi connectivity index (χ1v) is 6.92. The molecule has 0 amide bonds. The molecule has 0 aliphatic carbocycles. The van der Waals surface area contributed by atoms with Crippen LogP contribution in [0.3, 0.4) is 0 Å². The third-order valence-electron chi connectivity index (χ3n) is 3.10. The van der Waals surface area contributed by atoms with Gasteiger partial charge in [0.25, 0.3) is 0 Å². The van der Waals surface area contributed by atoms with Gasteiger partial charge in [-0.15, -0.1) is 0 Å². The molecule has 0 aliphatic rings. The monoisotopic (exact) mass is 274 g/mol. The predicted octanol–water partition coefficient (Wildman–Crippen LogP) is 5.35. The van der Waals surface area contributed by atoms with Crippen LogP contribution in [0.5, 0.6) is 5.75 Å². The van der Waals surface area contributed by atoms with Gasteiger partial charge in [-0.25, -0.2) is 0 Å². The molecule has 2 aromatic carbocycles. The fourth-order valence-electron chi connectivity index (χ4n) is 1.96. The normalized spacial score (nSPS) is 10.8. The van der Waals surface area contributed by atoms with Crippen LogP contribution in [-0.2, 0) is 6.61 Å². The lowest BCUT2D eigenvalue weighted by atomic mass is 10.0. The average Bonchev–Trinajstić information content (AvgIpc) is 2.37. The first kappa shape index (κ1) is 14.0. The number of rotatable bonds is 4. The molecule has 2 heteroatoms. The molecule has 0 bridgehead atoms. The van der Waals surface area contributed by atoms with Crippen molar-refractivity contribution in [3.05, 3.63) is 64.2 Å². The fourth-order valence-corrected chi connectivity index (χ4v) is 2.20. The summed E-state index contributed by atoms with van der Waals surface area (Å²) in [5.41, 5.74) is 3.62. The lowest BCUT2D eigenvalue weighted by Crippen LogP contribution is -1.97. The molecule has 2 aromatic rings. The zero-order chi connectivity index (χ0) is 13.8. The van der Waals surface area contributed by atoms with Crippen molar-refractivity contribution in [1.82, 2.24) is 0 Å². The third-order valence-corrected chi connectivity index (χ3v) is 3.39. The summed E-state index contributed by atoms with van der Waals surface area (Å²) in [6.45, 7) is 6.92. The van der Waals surface area contributed by atoms with Crippen molar-refractivity contribution in [1.29, 1.82) is 0 Å².